The number of esters is 1. The molecule has 3 aromatic carbocycles. The first kappa shape index (κ1) is 46.5. The van der Waals surface area contributed by atoms with Gasteiger partial charge >= 0.3 is 251 Å². The Hall–Kier alpha value is -4.56. The molecule has 0 aliphatic carbocycles. The molecule has 0 aromatic heterocycles. The fourth-order valence-corrected chi connectivity index (χ4v) is 11.0. The van der Waals surface area contributed by atoms with Crippen LogP contribution in [0.3, 0.4) is 0 Å². The van der Waals surface area contributed by atoms with Gasteiger partial charge in [-0.15, -0.1) is 0 Å². The van der Waals surface area contributed by atoms with E-state index in [1.807, 2.05) is 0 Å². The number of fused-ring (bicyclic) bond motifs is 6. The number of anilines is 2. The second-order valence-electron chi connectivity index (χ2n) is 14.3. The number of unbranched alkanes of at least 4 members (excludes halogenated alkanes) is 3. The van der Waals surface area contributed by atoms with E-state index in [1.165, 1.54) is 54.6 Å². The summed E-state index contributed by atoms with van der Waals surface area (Å²) in [6.07, 6.45) is -7.16. The molecule has 3 N–H and O–H groups in total. The molecule has 322 valence electrons. The average molecular weight is 929 g/mol. The summed E-state index contributed by atoms with van der Waals surface area (Å²) in [4.78, 5) is 50.5. The molecule has 1 atom stereocenters. The quantitative estimate of drug-likeness (QED) is 0.0441. The SMILES string of the molecule is CC(C)N(C(C)C)P(OCCC#N)OCCCCCCNC(=O)c1ccc2c(c1)C1(OC2=O)c2ccc(NC(=O)C(F)(F)F)cc2[Se]c2cc(NC(=O)C(F)(F)F)ccc21. The number of nitrogens with one attached hydrogen (secondary N) is 3. The third kappa shape index (κ3) is 10.7. The van der Waals surface area contributed by atoms with Gasteiger partial charge in [-0.1, -0.05) is 0 Å². The first-order valence-electron chi connectivity index (χ1n) is 18.9. The third-order valence-corrected chi connectivity index (χ3v) is 13.8. The summed E-state index contributed by atoms with van der Waals surface area (Å²) in [6, 6.07) is 14.5. The summed E-state index contributed by atoms with van der Waals surface area (Å²) in [6.45, 7) is 9.28. The minimum atomic E-state index is -5.20. The molecule has 2 heterocycles. The number of amides is 3. The third-order valence-electron chi connectivity index (χ3n) is 9.32. The molecule has 0 saturated carbocycles. The molecule has 1 spiro atoms. The van der Waals surface area contributed by atoms with Crippen molar-refractivity contribution in [2.45, 2.75) is 89.8 Å². The zero-order valence-corrected chi connectivity index (χ0v) is 35.5. The van der Waals surface area contributed by atoms with Crippen molar-refractivity contribution in [3.63, 3.8) is 0 Å². The van der Waals surface area contributed by atoms with Gasteiger partial charge in [0.15, 0.2) is 0 Å². The molecule has 3 amide bonds. The van der Waals surface area contributed by atoms with Crippen LogP contribution in [0.25, 0.3) is 0 Å². The van der Waals surface area contributed by atoms with Crippen LogP contribution in [0.1, 0.15) is 97.2 Å². The number of nitrogens with zero attached hydrogens (tertiary/aromatic N) is 2. The van der Waals surface area contributed by atoms with E-state index in [1.54, 1.807) is 10.6 Å². The molecular weight excluding hydrogens is 886 g/mol. The Morgan fingerprint density at radius 1 is 0.800 bits per heavy atom. The number of rotatable bonds is 17. The van der Waals surface area contributed by atoms with E-state index in [0.29, 0.717) is 39.6 Å². The maximum atomic E-state index is 13.5. The van der Waals surface area contributed by atoms with E-state index < -0.39 is 65.1 Å². The fourth-order valence-electron chi connectivity index (χ4n) is 6.76. The first-order chi connectivity index (χ1) is 28.3. The van der Waals surface area contributed by atoms with Gasteiger partial charge in [-0.2, -0.15) is 5.26 Å². The molecule has 2 aliphatic heterocycles. The zero-order chi connectivity index (χ0) is 44.0. The molecule has 1 unspecified atom stereocenters. The predicted octanol–water partition coefficient (Wildman–Crippen LogP) is 6.70. The second-order valence-corrected chi connectivity index (χ2v) is 18.0. The first-order valence-corrected chi connectivity index (χ1v) is 21.7. The number of hydrogen-bond donors (Lipinski definition) is 3. The van der Waals surface area contributed by atoms with Crippen molar-refractivity contribution in [1.29, 1.82) is 5.26 Å². The van der Waals surface area contributed by atoms with Gasteiger partial charge in [0.2, 0.25) is 0 Å². The normalized spacial score (nSPS) is 14.6. The van der Waals surface area contributed by atoms with Crippen LogP contribution in [0.2, 0.25) is 0 Å². The van der Waals surface area contributed by atoms with Gasteiger partial charge in [-0.3, -0.25) is 0 Å². The van der Waals surface area contributed by atoms with Gasteiger partial charge in [0.1, 0.15) is 0 Å². The van der Waals surface area contributed by atoms with Gasteiger partial charge in [0.05, 0.1) is 25.7 Å². The van der Waals surface area contributed by atoms with E-state index in [2.05, 4.69) is 43.8 Å². The van der Waals surface area contributed by atoms with Crippen molar-refractivity contribution in [2.24, 2.45) is 0 Å². The van der Waals surface area contributed by atoms with Crippen LogP contribution in [0.5, 0.6) is 0 Å². The fraction of sp³-hybridized carbons (Fsp3) is 0.425. The number of benzene rings is 3. The van der Waals surface area contributed by atoms with Crippen molar-refractivity contribution >= 4 is 67.5 Å². The Bertz CT molecular complexity index is 2060. The topological polar surface area (TPSA) is 159 Å². The van der Waals surface area contributed by atoms with Crippen molar-refractivity contribution in [2.75, 3.05) is 30.4 Å². The molecule has 60 heavy (non-hydrogen) atoms. The van der Waals surface area contributed by atoms with Gasteiger partial charge in [0.25, 0.3) is 8.53 Å². The van der Waals surface area contributed by atoms with Crippen LogP contribution in [-0.2, 0) is 29.0 Å². The van der Waals surface area contributed by atoms with Gasteiger partial charge < -0.3 is 9.05 Å². The van der Waals surface area contributed by atoms with Crippen LogP contribution < -0.4 is 24.9 Å². The second kappa shape index (κ2) is 19.4. The standard InChI is InChI=1S/C40H42F6N5O7PSe/c1-23(2)51(24(3)4)59(57-19-9-16-47)56-18-8-6-5-7-17-48-34(52)25-10-13-28-31(20-25)38(58-35(28)53)29-14-11-26(49-36(54)39(41,42)43)21-32(29)60-33-22-27(12-15-30(33)38)50-37(55)40(44,45)46/h10-15,20-24H,5-9,17-19H2,1-4H3,(H,48,52)(H,49,54)(H,50,55). The molecule has 2 aliphatic rings. The van der Waals surface area contributed by atoms with Crippen LogP contribution in [0.4, 0.5) is 37.7 Å². The van der Waals surface area contributed by atoms with E-state index in [-0.39, 0.29) is 53.2 Å². The van der Waals surface area contributed by atoms with Crippen molar-refractivity contribution in [3.05, 3.63) is 82.4 Å². The van der Waals surface area contributed by atoms with E-state index in [4.69, 9.17) is 19.0 Å². The summed E-state index contributed by atoms with van der Waals surface area (Å²) in [7, 11) is -1.34. The maximum absolute atomic E-state index is 13.5. The number of nitriles is 1. The van der Waals surface area contributed by atoms with Crippen LogP contribution >= 0.6 is 8.53 Å². The van der Waals surface area contributed by atoms with Crippen molar-refractivity contribution < 1.29 is 59.3 Å². The Kier molecular flexibility index (Phi) is 15.1. The molecule has 20 heteroatoms. The van der Waals surface area contributed by atoms with Crippen LogP contribution in [0, 0.1) is 11.3 Å². The number of halogens is 6. The van der Waals surface area contributed by atoms with Crippen LogP contribution in [0.15, 0.2) is 54.6 Å². The average Bonchev–Trinajstić information content (AvgIpc) is 3.45. The molecule has 12 nitrogen and oxygen atoms in total. The van der Waals surface area contributed by atoms with Crippen molar-refractivity contribution in [3.8, 4) is 6.07 Å². The van der Waals surface area contributed by atoms with Gasteiger partial charge in [-0.05, 0) is 34.1 Å². The minimum absolute atomic E-state index is 0.0769. The number of carbonyl (C=O) groups is 4. The monoisotopic (exact) mass is 929 g/mol. The summed E-state index contributed by atoms with van der Waals surface area (Å²) in [5.74, 6) is -5.72. The van der Waals surface area contributed by atoms with Crippen LogP contribution in [-0.4, -0.2) is 87.5 Å². The Labute approximate surface area is 349 Å². The van der Waals surface area contributed by atoms with Gasteiger partial charge in [0, 0.05) is 12.1 Å². The summed E-state index contributed by atoms with van der Waals surface area (Å²) in [5.41, 5.74) is -1.21. The summed E-state index contributed by atoms with van der Waals surface area (Å²) < 4.78 is 99.6. The molecule has 5 rings (SSSR count). The number of hydrogen-bond acceptors (Lipinski definition) is 9. The molecule has 0 fully saturated rings. The Morgan fingerprint density at radius 2 is 1.35 bits per heavy atom. The Balaban J connectivity index is 1.32. The number of carbonyl (C=O) groups excluding carboxylic acids is 4. The number of alkyl halides is 6. The summed E-state index contributed by atoms with van der Waals surface area (Å²) >= 11 is -0.860. The molecule has 3 aromatic rings. The van der Waals surface area contributed by atoms with E-state index >= 15 is 0 Å². The molecule has 0 bridgehead atoms. The van der Waals surface area contributed by atoms with E-state index in [0.717, 1.165) is 19.3 Å². The van der Waals surface area contributed by atoms with Crippen molar-refractivity contribution in [1.82, 2.24) is 9.99 Å². The Morgan fingerprint density at radius 3 is 1.88 bits per heavy atom. The molecular formula is C40H42F6N5O7PSe. The van der Waals surface area contributed by atoms with E-state index in [9.17, 15) is 45.5 Å². The molecule has 0 saturated heterocycles. The summed E-state index contributed by atoms with van der Waals surface area (Å²) in [5, 5.41) is 15.4. The van der Waals surface area contributed by atoms with Gasteiger partial charge in [-0.25, -0.2) is 4.67 Å². The predicted molar refractivity (Wildman–Crippen MR) is 211 cm³/mol. The zero-order valence-electron chi connectivity index (χ0n) is 32.9. The molecule has 0 radical (unpaired) electrons. The number of ether oxygens (including phenoxy) is 1.